The Morgan fingerprint density at radius 3 is 2.79 bits per heavy atom. The van der Waals surface area contributed by atoms with Crippen LogP contribution in [0.1, 0.15) is 11.1 Å². The first kappa shape index (κ1) is 18.4. The van der Waals surface area contributed by atoms with Crippen LogP contribution in [0.15, 0.2) is 48.5 Å². The number of rotatable bonds is 6. The Bertz CT molecular complexity index is 886. The quantitative estimate of drug-likeness (QED) is 0.640. The van der Waals surface area contributed by atoms with Crippen LogP contribution < -0.4 is 30.3 Å². The Hall–Kier alpha value is -2.97. The second kappa shape index (κ2) is 8.37. The molecule has 0 saturated heterocycles. The molecule has 0 saturated carbocycles. The Morgan fingerprint density at radius 1 is 1.14 bits per heavy atom. The molecule has 8 heteroatoms. The lowest BCUT2D eigenvalue weighted by Crippen LogP contribution is -2.39. The highest BCUT2D eigenvalue weighted by atomic mass is 32.1. The van der Waals surface area contributed by atoms with E-state index in [0.29, 0.717) is 18.2 Å². The fourth-order valence-electron chi connectivity index (χ4n) is 2.91. The molecule has 4 rings (SSSR count). The molecule has 0 fully saturated rings. The van der Waals surface area contributed by atoms with Crippen LogP contribution in [-0.4, -0.2) is 31.7 Å². The van der Waals surface area contributed by atoms with Gasteiger partial charge in [-0.3, -0.25) is 10.3 Å². The minimum atomic E-state index is -0.123. The summed E-state index contributed by atoms with van der Waals surface area (Å²) in [5.41, 5.74) is 5.98. The number of fused-ring (bicyclic) bond motifs is 1. The minimum absolute atomic E-state index is 0.123. The van der Waals surface area contributed by atoms with Crippen molar-refractivity contribution in [2.75, 3.05) is 20.4 Å². The maximum atomic E-state index is 5.59. The first-order valence-corrected chi connectivity index (χ1v) is 9.30. The molecule has 7 nitrogen and oxygen atoms in total. The van der Waals surface area contributed by atoms with Gasteiger partial charge in [-0.25, -0.2) is 0 Å². The van der Waals surface area contributed by atoms with E-state index in [4.69, 9.17) is 31.3 Å². The molecule has 28 heavy (non-hydrogen) atoms. The molecule has 1 atom stereocenters. The van der Waals surface area contributed by atoms with Crippen molar-refractivity contribution in [3.63, 3.8) is 0 Å². The van der Waals surface area contributed by atoms with Crippen LogP contribution in [0.3, 0.4) is 0 Å². The van der Waals surface area contributed by atoms with Gasteiger partial charge in [0.2, 0.25) is 6.79 Å². The lowest BCUT2D eigenvalue weighted by atomic mass is 10.1. The first-order valence-electron chi connectivity index (χ1n) is 8.89. The van der Waals surface area contributed by atoms with E-state index in [-0.39, 0.29) is 12.9 Å². The Kier molecular flexibility index (Phi) is 5.50. The number of thiocarbonyl (C=S) groups is 1. The van der Waals surface area contributed by atoms with Gasteiger partial charge in [-0.2, -0.15) is 0 Å². The molecule has 0 unspecified atom stereocenters. The van der Waals surface area contributed by atoms with Gasteiger partial charge < -0.3 is 24.8 Å². The number of hydroxylamine groups is 1. The van der Waals surface area contributed by atoms with Crippen LogP contribution in [0, 0.1) is 0 Å². The highest BCUT2D eigenvalue weighted by Gasteiger charge is 2.18. The minimum Gasteiger partial charge on any atom is -0.497 e. The predicted octanol–water partition coefficient (Wildman–Crippen LogP) is 2.33. The summed E-state index contributed by atoms with van der Waals surface area (Å²) in [5, 5.41) is 6.92. The number of methoxy groups -OCH3 is 1. The third-order valence-corrected chi connectivity index (χ3v) is 4.72. The van der Waals surface area contributed by atoms with Crippen LogP contribution >= 0.6 is 12.2 Å². The topological polar surface area (TPSA) is 73.0 Å². The van der Waals surface area contributed by atoms with Crippen molar-refractivity contribution in [2.45, 2.75) is 12.6 Å². The molecule has 0 amide bonds. The summed E-state index contributed by atoms with van der Waals surface area (Å²) < 4.78 is 15.9. The van der Waals surface area contributed by atoms with E-state index in [0.717, 1.165) is 34.1 Å². The average molecular weight is 399 g/mol. The van der Waals surface area contributed by atoms with Gasteiger partial charge in [0, 0.05) is 13.1 Å². The molecule has 0 spiro atoms. The molecule has 2 aromatic rings. The van der Waals surface area contributed by atoms with Gasteiger partial charge >= 0.3 is 0 Å². The SMILES string of the molecule is COc1ccc(C2=C[C@@H](CNC(=S)NCc3ccc4c(c3)OCO4)ON2)cc1. The highest BCUT2D eigenvalue weighted by molar-refractivity contribution is 7.80. The van der Waals surface area contributed by atoms with Crippen LogP contribution in [-0.2, 0) is 11.4 Å². The normalized spacial score (nSPS) is 16.9. The van der Waals surface area contributed by atoms with Crippen molar-refractivity contribution in [3.05, 3.63) is 59.7 Å². The molecule has 2 aliphatic rings. The largest absolute Gasteiger partial charge is 0.497 e. The highest BCUT2D eigenvalue weighted by Crippen LogP contribution is 2.32. The summed E-state index contributed by atoms with van der Waals surface area (Å²) >= 11 is 5.35. The maximum Gasteiger partial charge on any atom is 0.231 e. The number of ether oxygens (including phenoxy) is 3. The number of hydrogen-bond donors (Lipinski definition) is 3. The predicted molar refractivity (Wildman–Crippen MR) is 109 cm³/mol. The molecule has 3 N–H and O–H groups in total. The summed E-state index contributed by atoms with van der Waals surface area (Å²) in [6, 6.07) is 13.6. The van der Waals surface area contributed by atoms with Crippen molar-refractivity contribution in [1.82, 2.24) is 16.1 Å². The van der Waals surface area contributed by atoms with Gasteiger partial charge in [-0.15, -0.1) is 0 Å². The van der Waals surface area contributed by atoms with Crippen LogP contribution in [0.5, 0.6) is 17.2 Å². The van der Waals surface area contributed by atoms with Crippen LogP contribution in [0.25, 0.3) is 5.70 Å². The Balaban J connectivity index is 1.24. The van der Waals surface area contributed by atoms with Gasteiger partial charge in [0.25, 0.3) is 0 Å². The van der Waals surface area contributed by atoms with Gasteiger partial charge in [0.15, 0.2) is 16.6 Å². The van der Waals surface area contributed by atoms with Crippen LogP contribution in [0.4, 0.5) is 0 Å². The second-order valence-corrected chi connectivity index (χ2v) is 6.73. The van der Waals surface area contributed by atoms with E-state index < -0.39 is 0 Å². The number of benzene rings is 2. The van der Waals surface area contributed by atoms with Gasteiger partial charge in [-0.05, 0) is 65.8 Å². The summed E-state index contributed by atoms with van der Waals surface area (Å²) in [5.74, 6) is 2.36. The van der Waals surface area contributed by atoms with E-state index in [1.807, 2.05) is 48.5 Å². The molecule has 146 valence electrons. The van der Waals surface area contributed by atoms with E-state index in [1.54, 1.807) is 7.11 Å². The van der Waals surface area contributed by atoms with Gasteiger partial charge in [-0.1, -0.05) is 6.07 Å². The van der Waals surface area contributed by atoms with Gasteiger partial charge in [0.1, 0.15) is 11.9 Å². The zero-order chi connectivity index (χ0) is 19.3. The summed E-state index contributed by atoms with van der Waals surface area (Å²) in [6.07, 6.45) is 1.90. The molecule has 0 bridgehead atoms. The monoisotopic (exact) mass is 399 g/mol. The van der Waals surface area contributed by atoms with Gasteiger partial charge in [0.05, 0.1) is 12.8 Å². The van der Waals surface area contributed by atoms with Crippen molar-refractivity contribution in [3.8, 4) is 17.2 Å². The Morgan fingerprint density at radius 2 is 1.96 bits per heavy atom. The van der Waals surface area contributed by atoms with Crippen molar-refractivity contribution < 1.29 is 19.0 Å². The zero-order valence-corrected chi connectivity index (χ0v) is 16.2. The molecule has 0 radical (unpaired) electrons. The molecule has 2 heterocycles. The summed E-state index contributed by atoms with van der Waals surface area (Å²) in [6.45, 7) is 1.42. The molecule has 0 aromatic heterocycles. The van der Waals surface area contributed by atoms with E-state index >= 15 is 0 Å². The summed E-state index contributed by atoms with van der Waals surface area (Å²) in [7, 11) is 1.65. The average Bonchev–Trinajstić information content (AvgIpc) is 3.39. The van der Waals surface area contributed by atoms with E-state index in [2.05, 4.69) is 16.1 Å². The molecule has 2 aromatic carbocycles. The number of hydrogen-bond acceptors (Lipinski definition) is 6. The molecule has 2 aliphatic heterocycles. The fraction of sp³-hybridized carbons (Fsp3) is 0.250. The Labute approximate surface area is 168 Å². The third kappa shape index (κ3) is 4.29. The first-order chi connectivity index (χ1) is 13.7. The molecular formula is C20H21N3O4S. The molecule has 0 aliphatic carbocycles. The van der Waals surface area contributed by atoms with E-state index in [9.17, 15) is 0 Å². The summed E-state index contributed by atoms with van der Waals surface area (Å²) in [4.78, 5) is 5.59. The van der Waals surface area contributed by atoms with Crippen LogP contribution in [0.2, 0.25) is 0 Å². The smallest absolute Gasteiger partial charge is 0.231 e. The van der Waals surface area contributed by atoms with Crippen molar-refractivity contribution in [2.24, 2.45) is 0 Å². The lowest BCUT2D eigenvalue weighted by Gasteiger charge is -2.13. The maximum absolute atomic E-state index is 5.59. The second-order valence-electron chi connectivity index (χ2n) is 6.32. The lowest BCUT2D eigenvalue weighted by molar-refractivity contribution is 0.0542. The molecular weight excluding hydrogens is 378 g/mol. The fourth-order valence-corrected chi connectivity index (χ4v) is 3.06. The van der Waals surface area contributed by atoms with E-state index in [1.165, 1.54) is 0 Å². The standard InChI is InChI=1S/C20H21N3O4S/c1-24-15-5-3-14(4-6-15)17-9-16(27-23-17)11-22-20(28)21-10-13-2-7-18-19(8-13)26-12-25-18/h2-9,16,23H,10-12H2,1H3,(H2,21,22,28)/t16-/m0/s1. The third-order valence-electron chi connectivity index (χ3n) is 4.43. The van der Waals surface area contributed by atoms with Crippen molar-refractivity contribution in [1.29, 1.82) is 0 Å². The van der Waals surface area contributed by atoms with Crippen molar-refractivity contribution >= 4 is 23.0 Å². The number of nitrogens with one attached hydrogen (secondary N) is 3. The zero-order valence-electron chi connectivity index (χ0n) is 15.4.